The summed E-state index contributed by atoms with van der Waals surface area (Å²) < 4.78 is 8.66. The molecule has 3 nitrogen and oxygen atoms in total. The zero-order chi connectivity index (χ0) is 12.1. The number of aromatic nitrogens is 2. The summed E-state index contributed by atoms with van der Waals surface area (Å²) in [6.07, 6.45) is 5.43. The Morgan fingerprint density at radius 2 is 1.89 bits per heavy atom. The van der Waals surface area contributed by atoms with E-state index < -0.39 is 0 Å². The van der Waals surface area contributed by atoms with Crippen LogP contribution in [0, 0.1) is 11.8 Å². The molecule has 0 saturated heterocycles. The average Bonchev–Trinajstić information content (AvgIpc) is 3.27. The largest absolute Gasteiger partial charge is 0.379 e. The number of nitrogens with zero attached hydrogens (tertiary/aromatic N) is 2. The molecule has 1 N–H and O–H groups in total. The molecule has 1 heterocycles. The third-order valence-electron chi connectivity index (χ3n) is 3.95. The third kappa shape index (κ3) is 1.88. The Hall–Kier alpha value is -0.870. The molecule has 0 atom stereocenters. The monoisotopic (exact) mass is 279 g/mol. The van der Waals surface area contributed by atoms with Gasteiger partial charge >= 0.3 is 0 Å². The minimum absolute atomic E-state index is 0.592. The molecule has 1 aromatic carbocycles. The van der Waals surface area contributed by atoms with E-state index in [0.717, 1.165) is 33.6 Å². The number of hydrogen-bond donors (Lipinski definition) is 1. The van der Waals surface area contributed by atoms with Crippen molar-refractivity contribution in [1.82, 2.24) is 8.75 Å². The Bertz CT molecular complexity index is 577. The van der Waals surface area contributed by atoms with Crippen LogP contribution in [0.4, 0.5) is 5.69 Å². The molecule has 0 aliphatic heterocycles. The predicted molar refractivity (Wildman–Crippen MR) is 75.3 cm³/mol. The second-order valence-corrected chi connectivity index (χ2v) is 6.33. The van der Waals surface area contributed by atoms with Gasteiger partial charge < -0.3 is 5.32 Å². The molecule has 0 unspecified atom stereocenters. The normalized spacial score (nSPS) is 19.7. The Labute approximate surface area is 115 Å². The second-order valence-electron chi connectivity index (χ2n) is 5.40. The number of rotatable bonds is 4. The maximum atomic E-state index is 6.33. The summed E-state index contributed by atoms with van der Waals surface area (Å²) in [4.78, 5) is 0. The van der Waals surface area contributed by atoms with Crippen molar-refractivity contribution in [3.8, 4) is 0 Å². The summed E-state index contributed by atoms with van der Waals surface area (Å²) in [7, 11) is 0. The van der Waals surface area contributed by atoms with Gasteiger partial charge in [-0.3, -0.25) is 0 Å². The molecular weight excluding hydrogens is 266 g/mol. The summed E-state index contributed by atoms with van der Waals surface area (Å²) in [6.45, 7) is 0. The maximum absolute atomic E-state index is 6.33. The molecule has 2 fully saturated rings. The van der Waals surface area contributed by atoms with Crippen LogP contribution in [-0.4, -0.2) is 14.8 Å². The molecule has 4 rings (SSSR count). The van der Waals surface area contributed by atoms with Crippen LogP contribution >= 0.6 is 23.3 Å². The van der Waals surface area contributed by atoms with Crippen LogP contribution in [-0.2, 0) is 0 Å². The average molecular weight is 280 g/mol. The highest BCUT2D eigenvalue weighted by Crippen LogP contribution is 2.47. The van der Waals surface area contributed by atoms with E-state index in [1.807, 2.05) is 12.1 Å². The van der Waals surface area contributed by atoms with Gasteiger partial charge in [0.1, 0.15) is 11.0 Å². The molecule has 18 heavy (non-hydrogen) atoms. The molecule has 2 aliphatic carbocycles. The van der Waals surface area contributed by atoms with E-state index in [2.05, 4.69) is 14.1 Å². The van der Waals surface area contributed by atoms with Gasteiger partial charge in [-0.05, 0) is 49.7 Å². The van der Waals surface area contributed by atoms with Crippen molar-refractivity contribution in [2.75, 3.05) is 5.32 Å². The lowest BCUT2D eigenvalue weighted by molar-refractivity contribution is 0.568. The lowest BCUT2D eigenvalue weighted by Gasteiger charge is -2.20. The first kappa shape index (κ1) is 11.0. The van der Waals surface area contributed by atoms with Gasteiger partial charge in [0.15, 0.2) is 0 Å². The fourth-order valence-electron chi connectivity index (χ4n) is 2.66. The van der Waals surface area contributed by atoms with Crippen LogP contribution < -0.4 is 5.32 Å². The van der Waals surface area contributed by atoms with E-state index in [-0.39, 0.29) is 0 Å². The molecule has 2 aromatic rings. The summed E-state index contributed by atoms with van der Waals surface area (Å²) in [6, 6.07) is 4.45. The number of anilines is 1. The van der Waals surface area contributed by atoms with Crippen molar-refractivity contribution in [2.24, 2.45) is 11.8 Å². The molecular formula is C13H14ClN3S. The van der Waals surface area contributed by atoms with E-state index in [4.69, 9.17) is 11.6 Å². The molecule has 2 aliphatic rings. The van der Waals surface area contributed by atoms with Crippen molar-refractivity contribution < 1.29 is 0 Å². The van der Waals surface area contributed by atoms with Crippen molar-refractivity contribution in [3.63, 3.8) is 0 Å². The molecule has 0 radical (unpaired) electrons. The molecule has 0 bridgehead atoms. The van der Waals surface area contributed by atoms with Gasteiger partial charge in [0.25, 0.3) is 0 Å². The first-order valence-electron chi connectivity index (χ1n) is 6.50. The van der Waals surface area contributed by atoms with Crippen molar-refractivity contribution in [1.29, 1.82) is 0 Å². The molecule has 94 valence electrons. The van der Waals surface area contributed by atoms with Crippen LogP contribution in [0.1, 0.15) is 25.7 Å². The van der Waals surface area contributed by atoms with Crippen molar-refractivity contribution in [2.45, 2.75) is 31.7 Å². The minimum atomic E-state index is 0.592. The first-order chi connectivity index (χ1) is 8.83. The van der Waals surface area contributed by atoms with E-state index in [0.29, 0.717) is 6.04 Å². The van der Waals surface area contributed by atoms with Gasteiger partial charge in [0.05, 0.1) is 22.4 Å². The van der Waals surface area contributed by atoms with Gasteiger partial charge in [-0.1, -0.05) is 11.6 Å². The van der Waals surface area contributed by atoms with Gasteiger partial charge in [-0.25, -0.2) is 0 Å². The Morgan fingerprint density at radius 3 is 2.56 bits per heavy atom. The highest BCUT2D eigenvalue weighted by Gasteiger charge is 2.41. The van der Waals surface area contributed by atoms with Crippen LogP contribution in [0.3, 0.4) is 0 Å². The Kier molecular flexibility index (Phi) is 2.49. The highest BCUT2D eigenvalue weighted by atomic mass is 35.5. The SMILES string of the molecule is Clc1ccc2nsnc2c1NC(C1CC1)C1CC1. The Morgan fingerprint density at radius 1 is 1.17 bits per heavy atom. The standard InChI is InChI=1S/C13H14ClN3S/c14-9-5-6-10-13(17-18-16-10)12(9)15-11(7-1-2-7)8-3-4-8/h5-8,11,15H,1-4H2. The van der Waals surface area contributed by atoms with Crippen LogP contribution in [0.5, 0.6) is 0 Å². The fraction of sp³-hybridized carbons (Fsp3) is 0.538. The van der Waals surface area contributed by atoms with E-state index in [1.54, 1.807) is 0 Å². The quantitative estimate of drug-likeness (QED) is 0.921. The third-order valence-corrected chi connectivity index (χ3v) is 4.81. The molecule has 1 aromatic heterocycles. The summed E-state index contributed by atoms with van der Waals surface area (Å²) in [5.74, 6) is 1.69. The van der Waals surface area contributed by atoms with Crippen molar-refractivity contribution in [3.05, 3.63) is 17.2 Å². The van der Waals surface area contributed by atoms with Crippen LogP contribution in [0.25, 0.3) is 11.0 Å². The smallest absolute Gasteiger partial charge is 0.129 e. The molecule has 0 spiro atoms. The number of fused-ring (bicyclic) bond motifs is 1. The van der Waals surface area contributed by atoms with Gasteiger partial charge in [-0.15, -0.1) is 0 Å². The molecule has 5 heteroatoms. The molecule has 0 amide bonds. The van der Waals surface area contributed by atoms with Gasteiger partial charge in [-0.2, -0.15) is 8.75 Å². The van der Waals surface area contributed by atoms with Gasteiger partial charge in [0.2, 0.25) is 0 Å². The van der Waals surface area contributed by atoms with Crippen LogP contribution in [0.2, 0.25) is 5.02 Å². The van der Waals surface area contributed by atoms with Crippen LogP contribution in [0.15, 0.2) is 12.1 Å². The predicted octanol–water partition coefficient (Wildman–Crippen LogP) is 3.95. The maximum Gasteiger partial charge on any atom is 0.129 e. The lowest BCUT2D eigenvalue weighted by atomic mass is 10.1. The van der Waals surface area contributed by atoms with E-state index >= 15 is 0 Å². The van der Waals surface area contributed by atoms with Crippen molar-refractivity contribution >= 4 is 40.0 Å². The fourth-order valence-corrected chi connectivity index (χ4v) is 3.41. The second kappa shape index (κ2) is 4.07. The highest BCUT2D eigenvalue weighted by molar-refractivity contribution is 7.00. The summed E-state index contributed by atoms with van der Waals surface area (Å²) in [5.41, 5.74) is 2.86. The van der Waals surface area contributed by atoms with E-state index in [9.17, 15) is 0 Å². The van der Waals surface area contributed by atoms with Gasteiger partial charge in [0, 0.05) is 6.04 Å². The zero-order valence-corrected chi connectivity index (χ0v) is 11.5. The first-order valence-corrected chi connectivity index (χ1v) is 7.61. The summed E-state index contributed by atoms with van der Waals surface area (Å²) >= 11 is 7.58. The number of halogens is 1. The lowest BCUT2D eigenvalue weighted by Crippen LogP contribution is -2.24. The zero-order valence-electron chi connectivity index (χ0n) is 9.90. The number of hydrogen-bond acceptors (Lipinski definition) is 4. The number of nitrogens with one attached hydrogen (secondary N) is 1. The molecule has 2 saturated carbocycles. The number of benzene rings is 1. The Balaban J connectivity index is 1.72. The topological polar surface area (TPSA) is 37.8 Å². The minimum Gasteiger partial charge on any atom is -0.379 e. The summed E-state index contributed by atoms with van der Waals surface area (Å²) in [5, 5.41) is 4.44. The van der Waals surface area contributed by atoms with E-state index in [1.165, 1.54) is 37.4 Å².